The van der Waals surface area contributed by atoms with Crippen LogP contribution in [0.25, 0.3) is 97.4 Å². The Balaban J connectivity index is 0.915. The van der Waals surface area contributed by atoms with E-state index in [9.17, 15) is 0 Å². The molecule has 1 heterocycles. The van der Waals surface area contributed by atoms with E-state index in [0.717, 1.165) is 17.1 Å². The Morgan fingerprint density at radius 3 is 1.48 bits per heavy atom. The maximum atomic E-state index is 2.38. The van der Waals surface area contributed by atoms with Crippen molar-refractivity contribution in [3.63, 3.8) is 0 Å². The van der Waals surface area contributed by atoms with E-state index in [-0.39, 0.29) is 0 Å². The van der Waals surface area contributed by atoms with Crippen LogP contribution in [-0.2, 0) is 0 Å². The van der Waals surface area contributed by atoms with Gasteiger partial charge in [0, 0.05) is 37.2 Å². The zero-order chi connectivity index (χ0) is 42.4. The van der Waals surface area contributed by atoms with E-state index in [4.69, 9.17) is 0 Å². The van der Waals surface area contributed by atoms with Crippen molar-refractivity contribution in [3.05, 3.63) is 249 Å². The Kier molecular flexibility index (Phi) is 9.43. The summed E-state index contributed by atoms with van der Waals surface area (Å²) in [5, 5.41) is 7.64. The molecule has 12 aromatic rings. The molecule has 1 aromatic heterocycles. The van der Waals surface area contributed by atoms with Gasteiger partial charge in [0.1, 0.15) is 0 Å². The van der Waals surface area contributed by atoms with Gasteiger partial charge in [-0.15, -0.1) is 11.3 Å². The quantitative estimate of drug-likeness (QED) is 0.147. The van der Waals surface area contributed by atoms with Crippen LogP contribution in [0.5, 0.6) is 0 Å². The van der Waals surface area contributed by atoms with Crippen molar-refractivity contribution in [2.45, 2.75) is 0 Å². The van der Waals surface area contributed by atoms with Crippen LogP contribution in [0.4, 0.5) is 17.1 Å². The van der Waals surface area contributed by atoms with Gasteiger partial charge in [-0.05, 0) is 138 Å². The minimum Gasteiger partial charge on any atom is -0.310 e. The van der Waals surface area contributed by atoms with Crippen molar-refractivity contribution in [2.24, 2.45) is 0 Å². The molecule has 0 saturated heterocycles. The van der Waals surface area contributed by atoms with Crippen molar-refractivity contribution >= 4 is 70.1 Å². The molecule has 0 radical (unpaired) electrons. The molecule has 0 unspecified atom stereocenters. The van der Waals surface area contributed by atoms with E-state index >= 15 is 0 Å². The fraction of sp³-hybridized carbons (Fsp3) is 0. The molecule has 64 heavy (non-hydrogen) atoms. The monoisotopic (exact) mass is 831 g/mol. The molecule has 0 amide bonds. The van der Waals surface area contributed by atoms with Gasteiger partial charge in [0.25, 0.3) is 0 Å². The Hall–Kier alpha value is -8.04. The van der Waals surface area contributed by atoms with Gasteiger partial charge in [0.15, 0.2) is 0 Å². The molecule has 0 N–H and O–H groups in total. The highest BCUT2D eigenvalue weighted by Gasteiger charge is 2.16. The van der Waals surface area contributed by atoms with Crippen molar-refractivity contribution < 1.29 is 0 Å². The Morgan fingerprint density at radius 1 is 0.250 bits per heavy atom. The third kappa shape index (κ3) is 6.91. The predicted octanol–water partition coefficient (Wildman–Crippen LogP) is 18.2. The van der Waals surface area contributed by atoms with Crippen LogP contribution >= 0.6 is 11.3 Å². The maximum Gasteiger partial charge on any atom is 0.0467 e. The predicted molar refractivity (Wildman–Crippen MR) is 276 cm³/mol. The SMILES string of the molecule is c1cc(-c2ccc(N(c3ccc(-c4cccc(-c5cccc6c5sc5ccccc56)c4)cc3)c3cccc(-c4cccc5ccccc45)c3)cc2)cc(-c2ccc3ccccc3c2)c1. The van der Waals surface area contributed by atoms with Crippen molar-refractivity contribution in [3.8, 4) is 55.6 Å². The topological polar surface area (TPSA) is 3.24 Å². The van der Waals surface area contributed by atoms with Crippen LogP contribution in [0.3, 0.4) is 0 Å². The van der Waals surface area contributed by atoms with Gasteiger partial charge >= 0.3 is 0 Å². The van der Waals surface area contributed by atoms with Gasteiger partial charge in [0.2, 0.25) is 0 Å². The number of anilines is 3. The highest BCUT2D eigenvalue weighted by molar-refractivity contribution is 7.26. The van der Waals surface area contributed by atoms with Crippen LogP contribution in [-0.4, -0.2) is 0 Å². The molecule has 0 spiro atoms. The Morgan fingerprint density at radius 2 is 0.734 bits per heavy atom. The molecule has 0 atom stereocenters. The lowest BCUT2D eigenvalue weighted by Gasteiger charge is -2.26. The molecule has 1 nitrogen and oxygen atoms in total. The summed E-state index contributed by atoms with van der Waals surface area (Å²) in [6, 6.07) is 90.9. The summed E-state index contributed by atoms with van der Waals surface area (Å²) in [7, 11) is 0. The molecule has 12 rings (SSSR count). The Bertz CT molecular complexity index is 3670. The number of fused-ring (bicyclic) bond motifs is 5. The van der Waals surface area contributed by atoms with Crippen LogP contribution < -0.4 is 4.90 Å². The molecule has 11 aromatic carbocycles. The molecular formula is C62H41NS. The van der Waals surface area contributed by atoms with Crippen molar-refractivity contribution in [1.82, 2.24) is 0 Å². The first-order valence-corrected chi connectivity index (χ1v) is 22.7. The highest BCUT2D eigenvalue weighted by Crippen LogP contribution is 2.42. The van der Waals surface area contributed by atoms with Gasteiger partial charge in [-0.3, -0.25) is 0 Å². The summed E-state index contributed by atoms with van der Waals surface area (Å²) in [6.45, 7) is 0. The standard InChI is InChI=1S/C62H41NS/c1-2-14-46-39-50(29-28-42(46)12-1)49-18-7-16-47(38-49)43-30-34-53(35-31-43)63(55-21-9-20-52(41-55)57-24-10-15-45-13-3-4-22-56(45)57)54-36-32-44(33-37-54)48-17-8-19-51(40-48)58-25-11-26-60-59-23-5-6-27-61(59)64-62(58)60/h1-41H. The molecule has 0 aliphatic rings. The normalized spacial score (nSPS) is 11.4. The van der Waals surface area contributed by atoms with Gasteiger partial charge in [-0.2, -0.15) is 0 Å². The van der Waals surface area contributed by atoms with E-state index < -0.39 is 0 Å². The lowest BCUT2D eigenvalue weighted by molar-refractivity contribution is 1.28. The minimum absolute atomic E-state index is 1.09. The first-order chi connectivity index (χ1) is 31.7. The molecule has 0 fully saturated rings. The summed E-state index contributed by atoms with van der Waals surface area (Å²) in [5.41, 5.74) is 15.4. The zero-order valence-corrected chi connectivity index (χ0v) is 35.8. The van der Waals surface area contributed by atoms with E-state index in [2.05, 4.69) is 254 Å². The van der Waals surface area contributed by atoms with E-state index in [0.29, 0.717) is 0 Å². The maximum absolute atomic E-state index is 2.38. The van der Waals surface area contributed by atoms with Crippen LogP contribution in [0.1, 0.15) is 0 Å². The smallest absolute Gasteiger partial charge is 0.0467 e. The van der Waals surface area contributed by atoms with Crippen molar-refractivity contribution in [2.75, 3.05) is 4.90 Å². The van der Waals surface area contributed by atoms with Crippen molar-refractivity contribution in [1.29, 1.82) is 0 Å². The number of thiophene rings is 1. The van der Waals surface area contributed by atoms with Gasteiger partial charge in [-0.25, -0.2) is 0 Å². The van der Waals surface area contributed by atoms with Gasteiger partial charge in [-0.1, -0.05) is 188 Å². The number of hydrogen-bond donors (Lipinski definition) is 0. The van der Waals surface area contributed by atoms with E-state index in [1.54, 1.807) is 0 Å². The average Bonchev–Trinajstić information content (AvgIpc) is 3.76. The molecule has 300 valence electrons. The molecule has 2 heteroatoms. The zero-order valence-electron chi connectivity index (χ0n) is 35.0. The first-order valence-electron chi connectivity index (χ1n) is 21.9. The largest absolute Gasteiger partial charge is 0.310 e. The van der Waals surface area contributed by atoms with Crippen LogP contribution in [0, 0.1) is 0 Å². The fourth-order valence-corrected chi connectivity index (χ4v) is 10.7. The highest BCUT2D eigenvalue weighted by atomic mass is 32.1. The lowest BCUT2D eigenvalue weighted by atomic mass is 9.96. The second-order valence-corrected chi connectivity index (χ2v) is 17.6. The van der Waals surface area contributed by atoms with Crippen LogP contribution in [0.2, 0.25) is 0 Å². The summed E-state index contributed by atoms with van der Waals surface area (Å²) in [4.78, 5) is 2.38. The Labute approximate surface area is 377 Å². The molecule has 0 bridgehead atoms. The first kappa shape index (κ1) is 37.7. The minimum atomic E-state index is 1.09. The lowest BCUT2D eigenvalue weighted by Crippen LogP contribution is -2.10. The van der Waals surface area contributed by atoms with Crippen LogP contribution in [0.15, 0.2) is 249 Å². The fourth-order valence-electron chi connectivity index (χ4n) is 9.43. The average molecular weight is 832 g/mol. The number of hydrogen-bond acceptors (Lipinski definition) is 2. The number of rotatable bonds is 8. The summed E-state index contributed by atoms with van der Waals surface area (Å²) in [6.07, 6.45) is 0. The molecular weight excluding hydrogens is 791 g/mol. The second-order valence-electron chi connectivity index (χ2n) is 16.5. The third-order valence-electron chi connectivity index (χ3n) is 12.6. The van der Waals surface area contributed by atoms with E-state index in [1.807, 2.05) is 11.3 Å². The molecule has 0 aliphatic carbocycles. The van der Waals surface area contributed by atoms with Gasteiger partial charge < -0.3 is 4.90 Å². The summed E-state index contributed by atoms with van der Waals surface area (Å²) >= 11 is 1.88. The number of benzene rings is 11. The third-order valence-corrected chi connectivity index (χ3v) is 13.9. The number of nitrogens with zero attached hydrogens (tertiary/aromatic N) is 1. The molecule has 0 aliphatic heterocycles. The second kappa shape index (κ2) is 16.0. The molecule has 0 saturated carbocycles. The van der Waals surface area contributed by atoms with Gasteiger partial charge in [0.05, 0.1) is 0 Å². The summed E-state index contributed by atoms with van der Waals surface area (Å²) in [5.74, 6) is 0. The summed E-state index contributed by atoms with van der Waals surface area (Å²) < 4.78 is 2.66. The van der Waals surface area contributed by atoms with E-state index in [1.165, 1.54) is 97.4 Å².